The number of hydrogen-bond acceptors (Lipinski definition) is 4. The normalized spacial score (nSPS) is 15.8. The van der Waals surface area contributed by atoms with Crippen LogP contribution < -0.4 is 4.90 Å². The van der Waals surface area contributed by atoms with Crippen LogP contribution in [0.3, 0.4) is 0 Å². The van der Waals surface area contributed by atoms with Crippen molar-refractivity contribution < 1.29 is 9.59 Å². The smallest absolute Gasteiger partial charge is 0.277 e. The monoisotopic (exact) mass is 394 g/mol. The molecular formula is C21H22N4O2S. The van der Waals surface area contributed by atoms with E-state index in [2.05, 4.69) is 10.1 Å². The van der Waals surface area contributed by atoms with Gasteiger partial charge in [-0.15, -0.1) is 0 Å². The maximum absolute atomic E-state index is 13.3. The van der Waals surface area contributed by atoms with Crippen molar-refractivity contribution >= 4 is 30.9 Å². The molecule has 1 aliphatic heterocycles. The summed E-state index contributed by atoms with van der Waals surface area (Å²) >= 11 is 0. The van der Waals surface area contributed by atoms with E-state index in [9.17, 15) is 9.59 Å². The van der Waals surface area contributed by atoms with E-state index in [1.54, 1.807) is 34.1 Å². The molecule has 0 unspecified atom stereocenters. The minimum absolute atomic E-state index is 0. The average molecular weight is 395 g/mol. The number of rotatable bonds is 3. The molecule has 0 radical (unpaired) electrons. The highest BCUT2D eigenvalue weighted by molar-refractivity contribution is 7.59. The van der Waals surface area contributed by atoms with Crippen molar-refractivity contribution in [2.75, 3.05) is 11.4 Å². The molecule has 0 N–H and O–H groups in total. The summed E-state index contributed by atoms with van der Waals surface area (Å²) in [5.74, 6) is -0.0843. The molecule has 3 aromatic rings. The minimum atomic E-state index is -0.0920. The van der Waals surface area contributed by atoms with Crippen LogP contribution in [-0.2, 0) is 0 Å². The maximum atomic E-state index is 13.3. The number of Topliss-reactive ketones (excluding diaryl/α,β-unsaturated/α-hetero) is 1. The van der Waals surface area contributed by atoms with E-state index in [-0.39, 0.29) is 31.2 Å². The van der Waals surface area contributed by atoms with Gasteiger partial charge in [-0.05, 0) is 62.7 Å². The van der Waals surface area contributed by atoms with Crippen molar-refractivity contribution in [3.05, 3.63) is 65.7 Å². The zero-order chi connectivity index (χ0) is 19.1. The Labute approximate surface area is 170 Å². The Balaban J connectivity index is 0.00000225. The third kappa shape index (κ3) is 3.33. The van der Waals surface area contributed by atoms with Gasteiger partial charge in [0.1, 0.15) is 5.69 Å². The Kier molecular flexibility index (Phi) is 5.38. The fourth-order valence-corrected chi connectivity index (χ4v) is 3.49. The summed E-state index contributed by atoms with van der Waals surface area (Å²) in [6, 6.07) is 11.1. The molecule has 6 nitrogen and oxygen atoms in total. The fraction of sp³-hybridized carbons (Fsp3) is 0.238. The van der Waals surface area contributed by atoms with Crippen molar-refractivity contribution in [1.29, 1.82) is 0 Å². The van der Waals surface area contributed by atoms with Crippen molar-refractivity contribution in [2.24, 2.45) is 0 Å². The van der Waals surface area contributed by atoms with E-state index in [0.717, 1.165) is 22.5 Å². The lowest BCUT2D eigenvalue weighted by molar-refractivity contribution is 0.0953. The summed E-state index contributed by atoms with van der Waals surface area (Å²) in [5, 5.41) is 4.46. The lowest BCUT2D eigenvalue weighted by atomic mass is 10.0. The summed E-state index contributed by atoms with van der Waals surface area (Å²) in [4.78, 5) is 30.8. The molecule has 7 heteroatoms. The van der Waals surface area contributed by atoms with Crippen molar-refractivity contribution in [3.63, 3.8) is 0 Å². The van der Waals surface area contributed by atoms with E-state index in [0.29, 0.717) is 17.8 Å². The molecular weight excluding hydrogens is 372 g/mol. The second-order valence-electron chi connectivity index (χ2n) is 6.91. The summed E-state index contributed by atoms with van der Waals surface area (Å²) in [6.45, 7) is 6.03. The van der Waals surface area contributed by atoms with Gasteiger partial charge >= 0.3 is 0 Å². The van der Waals surface area contributed by atoms with Crippen LogP contribution in [0.1, 0.15) is 46.4 Å². The van der Waals surface area contributed by atoms with E-state index in [1.807, 2.05) is 38.1 Å². The van der Waals surface area contributed by atoms with Crippen LogP contribution in [0.15, 0.2) is 48.8 Å². The predicted octanol–water partition coefficient (Wildman–Crippen LogP) is 3.79. The second-order valence-corrected chi connectivity index (χ2v) is 6.91. The molecule has 144 valence electrons. The molecule has 1 aromatic carbocycles. The summed E-state index contributed by atoms with van der Waals surface area (Å²) < 4.78 is 1.80. The van der Waals surface area contributed by atoms with Gasteiger partial charge in [0.15, 0.2) is 5.78 Å². The number of ketones is 1. The topological polar surface area (TPSA) is 68.1 Å². The lowest BCUT2D eigenvalue weighted by Gasteiger charge is -2.32. The van der Waals surface area contributed by atoms with Gasteiger partial charge in [-0.1, -0.05) is 0 Å². The number of nitrogens with zero attached hydrogens (tertiary/aromatic N) is 4. The van der Waals surface area contributed by atoms with Gasteiger partial charge < -0.3 is 4.90 Å². The highest BCUT2D eigenvalue weighted by atomic mass is 32.1. The molecule has 0 spiro atoms. The Morgan fingerprint density at radius 3 is 2.54 bits per heavy atom. The summed E-state index contributed by atoms with van der Waals surface area (Å²) in [6.07, 6.45) is 3.49. The molecule has 2 aromatic heterocycles. The van der Waals surface area contributed by atoms with E-state index < -0.39 is 0 Å². The van der Waals surface area contributed by atoms with E-state index >= 15 is 0 Å². The number of fused-ring (bicyclic) bond motifs is 1. The largest absolute Gasteiger partial charge is 0.305 e. The van der Waals surface area contributed by atoms with Crippen LogP contribution in [0.4, 0.5) is 5.69 Å². The van der Waals surface area contributed by atoms with Gasteiger partial charge in [0, 0.05) is 35.2 Å². The van der Waals surface area contributed by atoms with Crippen molar-refractivity contribution in [3.8, 4) is 11.1 Å². The first-order valence-corrected chi connectivity index (χ1v) is 8.89. The molecule has 28 heavy (non-hydrogen) atoms. The minimum Gasteiger partial charge on any atom is -0.305 e. The van der Waals surface area contributed by atoms with Gasteiger partial charge in [0.2, 0.25) is 0 Å². The van der Waals surface area contributed by atoms with Crippen LogP contribution in [0, 0.1) is 6.92 Å². The molecule has 0 saturated carbocycles. The molecule has 0 fully saturated rings. The number of carbonyl (C=O) groups is 2. The maximum Gasteiger partial charge on any atom is 0.277 e. The standard InChI is InChI=1S/C21H20N4O2.H2S/c1-13-10-17(8-9-22-13)19-11-23-25-14(2)12-24(21(27)20(19)25)18-6-4-16(5-7-18)15(3)26;/h4-11,14H,12H2,1-3H3;1H2/t14-;/m0./s1. The van der Waals surface area contributed by atoms with Crippen molar-refractivity contribution in [1.82, 2.24) is 14.8 Å². The number of anilines is 1. The molecule has 1 atom stereocenters. The third-order valence-corrected chi connectivity index (χ3v) is 4.90. The first kappa shape index (κ1) is 19.8. The fourth-order valence-electron chi connectivity index (χ4n) is 3.49. The van der Waals surface area contributed by atoms with Crippen LogP contribution in [-0.4, -0.2) is 33.0 Å². The van der Waals surface area contributed by atoms with E-state index in [4.69, 9.17) is 0 Å². The molecule has 4 rings (SSSR count). The van der Waals surface area contributed by atoms with Gasteiger partial charge in [-0.2, -0.15) is 18.6 Å². The zero-order valence-electron chi connectivity index (χ0n) is 16.0. The SMILES string of the molecule is CC(=O)c1ccc(N2C[C@H](C)n3ncc(-c4ccnc(C)c4)c3C2=O)cc1.S. The molecule has 1 amide bonds. The molecule has 0 bridgehead atoms. The first-order chi connectivity index (χ1) is 13.0. The number of aryl methyl sites for hydroxylation is 1. The molecule has 3 heterocycles. The summed E-state index contributed by atoms with van der Waals surface area (Å²) in [7, 11) is 0. The van der Waals surface area contributed by atoms with Gasteiger partial charge in [0.25, 0.3) is 5.91 Å². The van der Waals surface area contributed by atoms with Crippen LogP contribution in [0.5, 0.6) is 0 Å². The van der Waals surface area contributed by atoms with Gasteiger partial charge in [-0.25, -0.2) is 0 Å². The summed E-state index contributed by atoms with van der Waals surface area (Å²) in [5.41, 5.74) is 4.62. The first-order valence-electron chi connectivity index (χ1n) is 8.89. The Hall–Kier alpha value is -2.93. The molecule has 1 aliphatic rings. The highest BCUT2D eigenvalue weighted by Gasteiger charge is 2.33. The quantitative estimate of drug-likeness (QED) is 0.634. The number of pyridine rings is 1. The van der Waals surface area contributed by atoms with Gasteiger partial charge in [-0.3, -0.25) is 19.3 Å². The average Bonchev–Trinajstić information content (AvgIpc) is 3.11. The highest BCUT2D eigenvalue weighted by Crippen LogP contribution is 2.32. The lowest BCUT2D eigenvalue weighted by Crippen LogP contribution is -2.42. The van der Waals surface area contributed by atoms with Crippen molar-refractivity contribution in [2.45, 2.75) is 26.8 Å². The predicted molar refractivity (Wildman–Crippen MR) is 113 cm³/mol. The Bertz CT molecular complexity index is 1040. The molecule has 0 saturated heterocycles. The number of benzene rings is 1. The molecule has 0 aliphatic carbocycles. The number of hydrogen-bond donors (Lipinski definition) is 0. The second kappa shape index (κ2) is 7.59. The van der Waals surface area contributed by atoms with Gasteiger partial charge in [0.05, 0.1) is 12.2 Å². The zero-order valence-corrected chi connectivity index (χ0v) is 17.0. The van der Waals surface area contributed by atoms with E-state index in [1.165, 1.54) is 6.92 Å². The Morgan fingerprint density at radius 1 is 1.18 bits per heavy atom. The van der Waals surface area contributed by atoms with Crippen LogP contribution >= 0.6 is 13.5 Å². The number of carbonyl (C=O) groups excluding carboxylic acids is 2. The third-order valence-electron chi connectivity index (χ3n) is 4.90. The number of amides is 1. The van der Waals surface area contributed by atoms with Crippen LogP contribution in [0.25, 0.3) is 11.1 Å². The number of aromatic nitrogens is 3. The van der Waals surface area contributed by atoms with Crippen LogP contribution in [0.2, 0.25) is 0 Å². The Morgan fingerprint density at radius 2 is 1.89 bits per heavy atom.